The standard InChI is InChI=1S/C9H14BrN3/c1-3-9(2,5-11)8-7(10)4-12-6-13-8/h4,6H,3,5,11H2,1-2H3. The van der Waals surface area contributed by atoms with E-state index in [2.05, 4.69) is 39.7 Å². The monoisotopic (exact) mass is 243 g/mol. The van der Waals surface area contributed by atoms with Crippen molar-refractivity contribution in [2.75, 3.05) is 6.54 Å². The van der Waals surface area contributed by atoms with E-state index in [-0.39, 0.29) is 5.41 Å². The molecule has 1 aromatic heterocycles. The Morgan fingerprint density at radius 3 is 2.77 bits per heavy atom. The van der Waals surface area contributed by atoms with Gasteiger partial charge in [-0.2, -0.15) is 0 Å². The molecule has 0 saturated carbocycles. The summed E-state index contributed by atoms with van der Waals surface area (Å²) in [6.07, 6.45) is 4.29. The molecule has 1 unspecified atom stereocenters. The van der Waals surface area contributed by atoms with E-state index >= 15 is 0 Å². The van der Waals surface area contributed by atoms with Gasteiger partial charge in [0.15, 0.2) is 0 Å². The molecule has 0 bridgehead atoms. The van der Waals surface area contributed by atoms with Crippen molar-refractivity contribution in [3.05, 3.63) is 22.7 Å². The summed E-state index contributed by atoms with van der Waals surface area (Å²) in [5.74, 6) is 0. The van der Waals surface area contributed by atoms with Crippen LogP contribution in [0.25, 0.3) is 0 Å². The highest BCUT2D eigenvalue weighted by atomic mass is 79.9. The summed E-state index contributed by atoms with van der Waals surface area (Å²) in [5.41, 5.74) is 6.68. The van der Waals surface area contributed by atoms with E-state index in [9.17, 15) is 0 Å². The van der Waals surface area contributed by atoms with E-state index in [4.69, 9.17) is 5.73 Å². The first-order chi connectivity index (χ1) is 6.14. The number of nitrogens with zero attached hydrogens (tertiary/aromatic N) is 2. The second-order valence-electron chi connectivity index (χ2n) is 3.34. The first-order valence-electron chi connectivity index (χ1n) is 4.30. The zero-order valence-corrected chi connectivity index (χ0v) is 9.50. The summed E-state index contributed by atoms with van der Waals surface area (Å²) in [4.78, 5) is 8.18. The van der Waals surface area contributed by atoms with Gasteiger partial charge in [0.1, 0.15) is 6.33 Å². The van der Waals surface area contributed by atoms with Crippen LogP contribution in [-0.4, -0.2) is 16.5 Å². The number of hydrogen-bond donors (Lipinski definition) is 1. The molecule has 1 atom stereocenters. The first kappa shape index (κ1) is 10.6. The number of hydrogen-bond acceptors (Lipinski definition) is 3. The average molecular weight is 244 g/mol. The SMILES string of the molecule is CCC(C)(CN)c1ncncc1Br. The highest BCUT2D eigenvalue weighted by Gasteiger charge is 2.26. The zero-order valence-electron chi connectivity index (χ0n) is 7.92. The molecule has 1 aromatic rings. The third-order valence-corrected chi connectivity index (χ3v) is 3.05. The number of aromatic nitrogens is 2. The Morgan fingerprint density at radius 2 is 2.31 bits per heavy atom. The molecule has 0 aliphatic heterocycles. The highest BCUT2D eigenvalue weighted by Crippen LogP contribution is 2.29. The highest BCUT2D eigenvalue weighted by molar-refractivity contribution is 9.10. The summed E-state index contributed by atoms with van der Waals surface area (Å²) >= 11 is 3.43. The average Bonchev–Trinajstić information content (AvgIpc) is 2.17. The molecule has 0 spiro atoms. The van der Waals surface area contributed by atoms with Crippen LogP contribution in [0.3, 0.4) is 0 Å². The third kappa shape index (κ3) is 2.06. The fraction of sp³-hybridized carbons (Fsp3) is 0.556. The van der Waals surface area contributed by atoms with E-state index in [0.29, 0.717) is 6.54 Å². The van der Waals surface area contributed by atoms with Gasteiger partial charge >= 0.3 is 0 Å². The molecule has 0 radical (unpaired) electrons. The van der Waals surface area contributed by atoms with E-state index in [1.807, 2.05) is 0 Å². The maximum atomic E-state index is 5.74. The molecule has 4 heteroatoms. The molecular weight excluding hydrogens is 230 g/mol. The summed E-state index contributed by atoms with van der Waals surface area (Å²) in [7, 11) is 0. The number of halogens is 1. The van der Waals surface area contributed by atoms with Crippen molar-refractivity contribution in [1.82, 2.24) is 9.97 Å². The molecule has 0 aliphatic rings. The lowest BCUT2D eigenvalue weighted by atomic mass is 9.84. The zero-order chi connectivity index (χ0) is 9.90. The fourth-order valence-corrected chi connectivity index (χ4v) is 1.86. The normalized spacial score (nSPS) is 15.4. The Kier molecular flexibility index (Phi) is 3.39. The molecule has 1 rings (SSSR count). The molecule has 0 aliphatic carbocycles. The fourth-order valence-electron chi connectivity index (χ4n) is 1.17. The van der Waals surface area contributed by atoms with Crippen LogP contribution in [0, 0.1) is 0 Å². The van der Waals surface area contributed by atoms with Crippen LogP contribution >= 0.6 is 15.9 Å². The van der Waals surface area contributed by atoms with Gasteiger partial charge in [-0.05, 0) is 22.4 Å². The maximum absolute atomic E-state index is 5.74. The van der Waals surface area contributed by atoms with Crippen molar-refractivity contribution >= 4 is 15.9 Å². The maximum Gasteiger partial charge on any atom is 0.115 e. The van der Waals surface area contributed by atoms with Gasteiger partial charge in [0.2, 0.25) is 0 Å². The van der Waals surface area contributed by atoms with Gasteiger partial charge in [-0.1, -0.05) is 13.8 Å². The molecule has 0 fully saturated rings. The van der Waals surface area contributed by atoms with Gasteiger partial charge in [-0.15, -0.1) is 0 Å². The predicted molar refractivity (Wildman–Crippen MR) is 56.4 cm³/mol. The lowest BCUT2D eigenvalue weighted by Gasteiger charge is -2.26. The van der Waals surface area contributed by atoms with Gasteiger partial charge in [0.25, 0.3) is 0 Å². The summed E-state index contributed by atoms with van der Waals surface area (Å²) in [5, 5.41) is 0. The Bertz CT molecular complexity index is 284. The Labute approximate surface area is 86.9 Å². The molecule has 0 saturated heterocycles. The van der Waals surface area contributed by atoms with Crippen LogP contribution in [0.5, 0.6) is 0 Å². The van der Waals surface area contributed by atoms with E-state index < -0.39 is 0 Å². The van der Waals surface area contributed by atoms with Crippen LogP contribution in [0.4, 0.5) is 0 Å². The lowest BCUT2D eigenvalue weighted by molar-refractivity contribution is 0.450. The summed E-state index contributed by atoms with van der Waals surface area (Å²) < 4.78 is 0.935. The molecule has 13 heavy (non-hydrogen) atoms. The largest absolute Gasteiger partial charge is 0.330 e. The van der Waals surface area contributed by atoms with Crippen LogP contribution in [0.15, 0.2) is 17.0 Å². The Hall–Kier alpha value is -0.480. The number of rotatable bonds is 3. The van der Waals surface area contributed by atoms with Crippen molar-refractivity contribution in [3.8, 4) is 0 Å². The van der Waals surface area contributed by atoms with Gasteiger partial charge in [-0.3, -0.25) is 0 Å². The van der Waals surface area contributed by atoms with Crippen LogP contribution < -0.4 is 5.73 Å². The van der Waals surface area contributed by atoms with Crippen molar-refractivity contribution in [2.24, 2.45) is 5.73 Å². The molecule has 1 heterocycles. The summed E-state index contributed by atoms with van der Waals surface area (Å²) in [6.45, 7) is 4.82. The second kappa shape index (κ2) is 4.15. The van der Waals surface area contributed by atoms with Gasteiger partial charge in [0.05, 0.1) is 10.2 Å². The van der Waals surface area contributed by atoms with Crippen molar-refractivity contribution < 1.29 is 0 Å². The molecular formula is C9H14BrN3. The molecule has 72 valence electrons. The lowest BCUT2D eigenvalue weighted by Crippen LogP contribution is -2.32. The Morgan fingerprint density at radius 1 is 1.62 bits per heavy atom. The van der Waals surface area contributed by atoms with E-state index in [0.717, 1.165) is 16.6 Å². The minimum absolute atomic E-state index is 0.0538. The van der Waals surface area contributed by atoms with E-state index in [1.54, 1.807) is 12.5 Å². The van der Waals surface area contributed by atoms with Crippen molar-refractivity contribution in [1.29, 1.82) is 0 Å². The smallest absolute Gasteiger partial charge is 0.115 e. The van der Waals surface area contributed by atoms with Crippen LogP contribution in [-0.2, 0) is 5.41 Å². The Balaban J connectivity index is 3.12. The molecule has 0 amide bonds. The molecule has 0 aromatic carbocycles. The minimum atomic E-state index is -0.0538. The van der Waals surface area contributed by atoms with Crippen molar-refractivity contribution in [3.63, 3.8) is 0 Å². The van der Waals surface area contributed by atoms with Crippen LogP contribution in [0.1, 0.15) is 26.0 Å². The predicted octanol–water partition coefficient (Wildman–Crippen LogP) is 1.87. The second-order valence-corrected chi connectivity index (χ2v) is 4.19. The quantitative estimate of drug-likeness (QED) is 0.882. The molecule has 2 N–H and O–H groups in total. The minimum Gasteiger partial charge on any atom is -0.330 e. The van der Waals surface area contributed by atoms with Crippen molar-refractivity contribution in [2.45, 2.75) is 25.7 Å². The number of nitrogens with two attached hydrogens (primary N) is 1. The third-order valence-electron chi connectivity index (χ3n) is 2.47. The summed E-state index contributed by atoms with van der Waals surface area (Å²) in [6, 6.07) is 0. The van der Waals surface area contributed by atoms with Gasteiger partial charge < -0.3 is 5.73 Å². The molecule has 3 nitrogen and oxygen atoms in total. The van der Waals surface area contributed by atoms with Crippen LogP contribution in [0.2, 0.25) is 0 Å². The topological polar surface area (TPSA) is 51.8 Å². The van der Waals surface area contributed by atoms with Gasteiger partial charge in [0, 0.05) is 18.2 Å². The first-order valence-corrected chi connectivity index (χ1v) is 5.09. The van der Waals surface area contributed by atoms with E-state index in [1.165, 1.54) is 0 Å². The van der Waals surface area contributed by atoms with Gasteiger partial charge in [-0.25, -0.2) is 9.97 Å².